The molecular weight excluding hydrogens is 360 g/mol. The molecule has 1 aliphatic heterocycles. The number of pyridine rings is 1. The summed E-state index contributed by atoms with van der Waals surface area (Å²) in [4.78, 5) is 19.8. The minimum absolute atomic E-state index is 0.192. The van der Waals surface area contributed by atoms with Crippen molar-refractivity contribution in [2.75, 3.05) is 19.7 Å². The van der Waals surface area contributed by atoms with Crippen LogP contribution in [-0.2, 0) is 11.2 Å². The van der Waals surface area contributed by atoms with Gasteiger partial charge in [0.2, 0.25) is 5.91 Å². The molecule has 4 rings (SSSR count). The summed E-state index contributed by atoms with van der Waals surface area (Å²) >= 11 is 0. The summed E-state index contributed by atoms with van der Waals surface area (Å²) in [5.74, 6) is 1.46. The van der Waals surface area contributed by atoms with Crippen LogP contribution in [0.3, 0.4) is 0 Å². The second kappa shape index (κ2) is 8.64. The average Bonchev–Trinajstić information content (AvgIpc) is 2.76. The third-order valence-electron chi connectivity index (χ3n) is 5.91. The lowest BCUT2D eigenvalue weighted by molar-refractivity contribution is -0.132. The zero-order valence-corrected chi connectivity index (χ0v) is 17.2. The molecule has 4 nitrogen and oxygen atoms in total. The smallest absolute Gasteiger partial charge is 0.227 e. The van der Waals surface area contributed by atoms with Gasteiger partial charge in [-0.05, 0) is 56.0 Å². The lowest BCUT2D eigenvalue weighted by Crippen LogP contribution is -2.42. The Labute approximate surface area is 172 Å². The van der Waals surface area contributed by atoms with Gasteiger partial charge in [0.15, 0.2) is 0 Å². The van der Waals surface area contributed by atoms with E-state index in [1.54, 1.807) is 0 Å². The van der Waals surface area contributed by atoms with Crippen molar-refractivity contribution in [2.24, 2.45) is 5.92 Å². The number of likely N-dealkylation sites (tertiary alicyclic amines) is 1. The number of para-hydroxylation sites is 2. The minimum Gasteiger partial charge on any atom is -0.493 e. The van der Waals surface area contributed by atoms with Crippen molar-refractivity contribution >= 4 is 16.8 Å². The number of hydrogen-bond donors (Lipinski definition) is 0. The van der Waals surface area contributed by atoms with E-state index in [9.17, 15) is 4.79 Å². The maximum Gasteiger partial charge on any atom is 0.227 e. The fraction of sp³-hybridized carbons (Fsp3) is 0.360. The van der Waals surface area contributed by atoms with E-state index in [2.05, 4.69) is 13.0 Å². The standard InChI is InChI=1S/C25H28N2O2/c1-18-22-12-6-7-13-24(22)26-19(2)23(18)15-25(28)27-14-8-9-20(16-27)17-29-21-10-4-3-5-11-21/h3-7,10-13,20H,8-9,14-17H2,1-2H3. The number of aryl methyl sites for hydroxylation is 2. The van der Waals surface area contributed by atoms with Crippen LogP contribution in [0, 0.1) is 19.8 Å². The fourth-order valence-electron chi connectivity index (χ4n) is 4.25. The second-order valence-electron chi connectivity index (χ2n) is 7.97. The summed E-state index contributed by atoms with van der Waals surface area (Å²) in [5, 5.41) is 1.13. The summed E-state index contributed by atoms with van der Waals surface area (Å²) in [5.41, 5.74) is 4.18. The zero-order valence-electron chi connectivity index (χ0n) is 17.2. The van der Waals surface area contributed by atoms with E-state index in [1.165, 1.54) is 5.56 Å². The molecule has 1 saturated heterocycles. The first-order valence-corrected chi connectivity index (χ1v) is 10.4. The number of nitrogens with zero attached hydrogens (tertiary/aromatic N) is 2. The average molecular weight is 389 g/mol. The molecule has 1 amide bonds. The quantitative estimate of drug-likeness (QED) is 0.636. The molecule has 0 aliphatic carbocycles. The first-order chi connectivity index (χ1) is 14.1. The highest BCUT2D eigenvalue weighted by molar-refractivity contribution is 5.86. The monoisotopic (exact) mass is 388 g/mol. The summed E-state index contributed by atoms with van der Waals surface area (Å²) in [6, 6.07) is 18.0. The molecule has 1 unspecified atom stereocenters. The van der Waals surface area contributed by atoms with Crippen LogP contribution < -0.4 is 4.74 Å². The van der Waals surface area contributed by atoms with E-state index >= 15 is 0 Å². The number of piperidine rings is 1. The second-order valence-corrected chi connectivity index (χ2v) is 7.97. The third-order valence-corrected chi connectivity index (χ3v) is 5.91. The van der Waals surface area contributed by atoms with Crippen molar-refractivity contribution in [2.45, 2.75) is 33.1 Å². The summed E-state index contributed by atoms with van der Waals surface area (Å²) in [6.07, 6.45) is 2.55. The molecule has 2 aromatic carbocycles. The normalized spacial score (nSPS) is 16.8. The van der Waals surface area contributed by atoms with Crippen LogP contribution in [0.1, 0.15) is 29.7 Å². The molecule has 2 heterocycles. The molecule has 1 aromatic heterocycles. The molecule has 0 radical (unpaired) electrons. The van der Waals surface area contributed by atoms with E-state index in [0.717, 1.165) is 53.8 Å². The van der Waals surface area contributed by atoms with Crippen LogP contribution in [0.5, 0.6) is 5.75 Å². The molecule has 29 heavy (non-hydrogen) atoms. The van der Waals surface area contributed by atoms with Gasteiger partial charge in [0.1, 0.15) is 5.75 Å². The molecule has 1 aliphatic rings. The van der Waals surface area contributed by atoms with Gasteiger partial charge in [0.25, 0.3) is 0 Å². The van der Waals surface area contributed by atoms with E-state index < -0.39 is 0 Å². The number of hydrogen-bond acceptors (Lipinski definition) is 3. The lowest BCUT2D eigenvalue weighted by Gasteiger charge is -2.33. The summed E-state index contributed by atoms with van der Waals surface area (Å²) < 4.78 is 5.93. The maximum absolute atomic E-state index is 13.1. The van der Waals surface area contributed by atoms with Crippen LogP contribution in [0.2, 0.25) is 0 Å². The Morgan fingerprint density at radius 1 is 1.10 bits per heavy atom. The van der Waals surface area contributed by atoms with E-state index in [4.69, 9.17) is 9.72 Å². The molecule has 0 spiro atoms. The van der Waals surface area contributed by atoms with Crippen molar-refractivity contribution in [3.8, 4) is 5.75 Å². The topological polar surface area (TPSA) is 42.4 Å². The van der Waals surface area contributed by atoms with Crippen LogP contribution >= 0.6 is 0 Å². The number of aromatic nitrogens is 1. The number of carbonyl (C=O) groups excluding carboxylic acids is 1. The van der Waals surface area contributed by atoms with Crippen molar-refractivity contribution in [1.82, 2.24) is 9.88 Å². The van der Waals surface area contributed by atoms with Gasteiger partial charge in [-0.2, -0.15) is 0 Å². The van der Waals surface area contributed by atoms with Crippen LogP contribution in [0.15, 0.2) is 54.6 Å². The number of ether oxygens (including phenoxy) is 1. The molecule has 0 saturated carbocycles. The van der Waals surface area contributed by atoms with Crippen molar-refractivity contribution in [1.29, 1.82) is 0 Å². The minimum atomic E-state index is 0.192. The highest BCUT2D eigenvalue weighted by atomic mass is 16.5. The Morgan fingerprint density at radius 2 is 1.86 bits per heavy atom. The Balaban J connectivity index is 1.42. The van der Waals surface area contributed by atoms with E-state index in [0.29, 0.717) is 18.9 Å². The maximum atomic E-state index is 13.1. The van der Waals surface area contributed by atoms with Crippen molar-refractivity contribution in [3.05, 3.63) is 71.4 Å². The van der Waals surface area contributed by atoms with E-state index in [-0.39, 0.29) is 5.91 Å². The van der Waals surface area contributed by atoms with Gasteiger partial charge in [-0.1, -0.05) is 36.4 Å². The van der Waals surface area contributed by atoms with Crippen LogP contribution in [-0.4, -0.2) is 35.5 Å². The molecule has 0 N–H and O–H groups in total. The molecule has 4 heteroatoms. The third kappa shape index (κ3) is 4.42. The fourth-order valence-corrected chi connectivity index (χ4v) is 4.25. The van der Waals surface area contributed by atoms with E-state index in [1.807, 2.05) is 60.4 Å². The summed E-state index contributed by atoms with van der Waals surface area (Å²) in [6.45, 7) is 6.37. The Bertz CT molecular complexity index is 1000. The van der Waals surface area contributed by atoms with Gasteiger partial charge >= 0.3 is 0 Å². The number of amides is 1. The first kappa shape index (κ1) is 19.4. The van der Waals surface area contributed by atoms with Crippen molar-refractivity contribution < 1.29 is 9.53 Å². The predicted molar refractivity (Wildman–Crippen MR) is 116 cm³/mol. The van der Waals surface area contributed by atoms with Gasteiger partial charge < -0.3 is 9.64 Å². The number of benzene rings is 2. The van der Waals surface area contributed by atoms with Gasteiger partial charge in [-0.25, -0.2) is 0 Å². The predicted octanol–water partition coefficient (Wildman–Crippen LogP) is 4.71. The Kier molecular flexibility index (Phi) is 5.79. The Hall–Kier alpha value is -2.88. The van der Waals surface area contributed by atoms with Crippen LogP contribution in [0.25, 0.3) is 10.9 Å². The van der Waals surface area contributed by atoms with Crippen molar-refractivity contribution in [3.63, 3.8) is 0 Å². The van der Waals surface area contributed by atoms with Gasteiger partial charge in [0, 0.05) is 30.1 Å². The largest absolute Gasteiger partial charge is 0.493 e. The number of fused-ring (bicyclic) bond motifs is 1. The zero-order chi connectivity index (χ0) is 20.2. The van der Waals surface area contributed by atoms with Gasteiger partial charge in [-0.3, -0.25) is 9.78 Å². The summed E-state index contributed by atoms with van der Waals surface area (Å²) in [7, 11) is 0. The van der Waals surface area contributed by atoms with Gasteiger partial charge in [-0.15, -0.1) is 0 Å². The molecular formula is C25H28N2O2. The molecule has 150 valence electrons. The highest BCUT2D eigenvalue weighted by Gasteiger charge is 2.25. The number of rotatable bonds is 5. The molecule has 1 atom stereocenters. The molecule has 0 bridgehead atoms. The lowest BCUT2D eigenvalue weighted by atomic mass is 9.96. The van der Waals surface area contributed by atoms with Crippen LogP contribution in [0.4, 0.5) is 0 Å². The molecule has 1 fully saturated rings. The SMILES string of the molecule is Cc1nc2ccccc2c(C)c1CC(=O)N1CCCC(COc2ccccc2)C1. The number of carbonyl (C=O) groups is 1. The first-order valence-electron chi connectivity index (χ1n) is 10.4. The van der Waals surface area contributed by atoms with Gasteiger partial charge in [0.05, 0.1) is 18.5 Å². The molecule has 3 aromatic rings. The highest BCUT2D eigenvalue weighted by Crippen LogP contribution is 2.25. The Morgan fingerprint density at radius 3 is 2.69 bits per heavy atom.